The molecule has 4 nitrogen and oxygen atoms in total. The zero-order valence-corrected chi connectivity index (χ0v) is 19.6. The molecular weight excluding hydrogens is 367 g/mol. The Balaban J connectivity index is 2.42. The summed E-state index contributed by atoms with van der Waals surface area (Å²) in [6, 6.07) is 0.704. The minimum Gasteiger partial charge on any atom is -0.300 e. The molecule has 0 N–H and O–H groups in total. The van der Waals surface area contributed by atoms with Gasteiger partial charge in [-0.05, 0) is 62.1 Å². The summed E-state index contributed by atoms with van der Waals surface area (Å²) < 4.78 is 0. The summed E-state index contributed by atoms with van der Waals surface area (Å²) in [7, 11) is 4.38. The van der Waals surface area contributed by atoms with Gasteiger partial charge in [-0.3, -0.25) is 19.6 Å². The van der Waals surface area contributed by atoms with Crippen molar-refractivity contribution in [1.29, 1.82) is 0 Å². The average molecular weight is 407 g/mol. The van der Waals surface area contributed by atoms with Gasteiger partial charge in [-0.15, -0.1) is 23.2 Å². The molecular formula is C20H40Cl2N4. The molecule has 0 aromatic rings. The Hall–Kier alpha value is 0.420. The molecule has 0 aliphatic carbocycles. The molecule has 6 unspecified atom stereocenters. The predicted molar refractivity (Wildman–Crippen MR) is 115 cm³/mol. The number of likely N-dealkylation sites (N-methyl/N-ethyl adjacent to an activating group) is 2. The Labute approximate surface area is 171 Å². The maximum atomic E-state index is 7.03. The first-order valence-corrected chi connectivity index (χ1v) is 11.0. The molecule has 0 aromatic carbocycles. The van der Waals surface area contributed by atoms with Crippen LogP contribution in [0.2, 0.25) is 0 Å². The summed E-state index contributed by atoms with van der Waals surface area (Å²) in [4.78, 5) is 9.95. The molecule has 2 aliphatic heterocycles. The molecule has 0 amide bonds. The molecule has 2 rings (SSSR count). The quantitative estimate of drug-likeness (QED) is 0.451. The average Bonchev–Trinajstić information content (AvgIpc) is 2.55. The number of fused-ring (bicyclic) bond motifs is 3. The Morgan fingerprint density at radius 3 is 2.08 bits per heavy atom. The van der Waals surface area contributed by atoms with Crippen LogP contribution in [0.3, 0.4) is 0 Å². The summed E-state index contributed by atoms with van der Waals surface area (Å²) in [5.74, 6) is 0. The van der Waals surface area contributed by atoms with E-state index in [4.69, 9.17) is 23.2 Å². The van der Waals surface area contributed by atoms with Gasteiger partial charge < -0.3 is 0 Å². The lowest BCUT2D eigenvalue weighted by molar-refractivity contribution is 0.00426. The van der Waals surface area contributed by atoms with Gasteiger partial charge in [0.05, 0.1) is 10.9 Å². The normalized spacial score (nSPS) is 43.2. The molecule has 2 aliphatic rings. The van der Waals surface area contributed by atoms with Crippen molar-refractivity contribution in [2.45, 2.75) is 82.0 Å². The minimum absolute atomic E-state index is 0.0129. The molecule has 6 atom stereocenters. The van der Waals surface area contributed by atoms with E-state index >= 15 is 0 Å². The van der Waals surface area contributed by atoms with E-state index in [1.165, 1.54) is 0 Å². The molecule has 0 radical (unpaired) electrons. The van der Waals surface area contributed by atoms with Crippen LogP contribution in [0, 0.1) is 0 Å². The van der Waals surface area contributed by atoms with Gasteiger partial charge in [0.1, 0.15) is 0 Å². The lowest BCUT2D eigenvalue weighted by Crippen LogP contribution is -2.63. The van der Waals surface area contributed by atoms with E-state index in [1.807, 2.05) is 0 Å². The van der Waals surface area contributed by atoms with Gasteiger partial charge in [0.25, 0.3) is 0 Å². The van der Waals surface area contributed by atoms with Crippen molar-refractivity contribution in [2.24, 2.45) is 0 Å². The number of rotatable bonds is 0. The summed E-state index contributed by atoms with van der Waals surface area (Å²) in [5, 5.41) is 0.0129. The summed E-state index contributed by atoms with van der Waals surface area (Å²) in [5.41, 5.74) is 0.0401. The van der Waals surface area contributed by atoms with Crippen LogP contribution >= 0.6 is 23.2 Å². The zero-order chi connectivity index (χ0) is 19.9. The summed E-state index contributed by atoms with van der Waals surface area (Å²) in [6.45, 7) is 18.9. The third-order valence-electron chi connectivity index (χ3n) is 7.20. The molecule has 0 spiro atoms. The van der Waals surface area contributed by atoms with E-state index in [-0.39, 0.29) is 28.0 Å². The van der Waals surface area contributed by atoms with Gasteiger partial charge in [-0.25, -0.2) is 0 Å². The monoisotopic (exact) mass is 406 g/mol. The molecule has 26 heavy (non-hydrogen) atoms. The van der Waals surface area contributed by atoms with Crippen LogP contribution in [-0.4, -0.2) is 100 Å². The van der Waals surface area contributed by atoms with Crippen molar-refractivity contribution in [3.05, 3.63) is 0 Å². The predicted octanol–water partition coefficient (Wildman–Crippen LogP) is 3.38. The van der Waals surface area contributed by atoms with E-state index in [2.05, 4.69) is 75.2 Å². The fraction of sp³-hybridized carbons (Fsp3) is 1.00. The molecule has 154 valence electrons. The molecule has 6 heteroatoms. The standard InChI is InChI=1S/C20H40Cl2N4/c1-15-13-19(3,4)23(7)9-11-26-12-10-25(15)14-17(21)24(8)16(2)18(22)20(26,5)6/h15-18H,9-14H2,1-8H3. The second-order valence-electron chi connectivity index (χ2n) is 9.67. The topological polar surface area (TPSA) is 13.0 Å². The third kappa shape index (κ3) is 4.69. The summed E-state index contributed by atoms with van der Waals surface area (Å²) in [6.07, 6.45) is 1.15. The van der Waals surface area contributed by atoms with Crippen molar-refractivity contribution in [1.82, 2.24) is 19.6 Å². The SMILES string of the molecule is CC1CC(C)(C)N(C)CCN2CCN1CC(Cl)N(C)C(C)C(Cl)C2(C)C. The molecule has 0 saturated carbocycles. The molecule has 2 fully saturated rings. The van der Waals surface area contributed by atoms with Crippen LogP contribution in [0.15, 0.2) is 0 Å². The number of halogens is 2. The van der Waals surface area contributed by atoms with E-state index in [0.29, 0.717) is 6.04 Å². The first-order valence-electron chi connectivity index (χ1n) is 10.1. The van der Waals surface area contributed by atoms with E-state index in [9.17, 15) is 0 Å². The van der Waals surface area contributed by atoms with Gasteiger partial charge in [0, 0.05) is 55.9 Å². The first kappa shape index (κ1) is 22.7. The second-order valence-corrected chi connectivity index (χ2v) is 10.6. The van der Waals surface area contributed by atoms with Crippen LogP contribution < -0.4 is 0 Å². The van der Waals surface area contributed by atoms with Crippen LogP contribution in [0.1, 0.15) is 48.0 Å². The molecule has 2 heterocycles. The first-order chi connectivity index (χ1) is 11.9. The minimum atomic E-state index is -0.0950. The van der Waals surface area contributed by atoms with E-state index in [0.717, 1.165) is 39.1 Å². The van der Waals surface area contributed by atoms with Gasteiger partial charge in [-0.2, -0.15) is 0 Å². The van der Waals surface area contributed by atoms with Gasteiger partial charge in [0.15, 0.2) is 0 Å². The van der Waals surface area contributed by atoms with Gasteiger partial charge >= 0.3 is 0 Å². The number of alkyl halides is 2. The Morgan fingerprint density at radius 1 is 0.885 bits per heavy atom. The molecule has 0 aromatic heterocycles. The van der Waals surface area contributed by atoms with Crippen LogP contribution in [0.4, 0.5) is 0 Å². The fourth-order valence-corrected chi connectivity index (χ4v) is 5.23. The number of nitrogens with zero attached hydrogens (tertiary/aromatic N) is 4. The van der Waals surface area contributed by atoms with Crippen LogP contribution in [0.5, 0.6) is 0 Å². The highest BCUT2D eigenvalue weighted by Crippen LogP contribution is 2.32. The largest absolute Gasteiger partial charge is 0.300 e. The van der Waals surface area contributed by atoms with Crippen molar-refractivity contribution >= 4 is 23.2 Å². The van der Waals surface area contributed by atoms with Crippen LogP contribution in [-0.2, 0) is 0 Å². The highest BCUT2D eigenvalue weighted by atomic mass is 35.5. The summed E-state index contributed by atoms with van der Waals surface area (Å²) >= 11 is 13.9. The highest BCUT2D eigenvalue weighted by molar-refractivity contribution is 6.22. The zero-order valence-electron chi connectivity index (χ0n) is 18.1. The Kier molecular flexibility index (Phi) is 7.36. The highest BCUT2D eigenvalue weighted by Gasteiger charge is 2.42. The van der Waals surface area contributed by atoms with E-state index in [1.54, 1.807) is 0 Å². The van der Waals surface area contributed by atoms with Crippen molar-refractivity contribution in [3.63, 3.8) is 0 Å². The van der Waals surface area contributed by atoms with Crippen LogP contribution in [0.25, 0.3) is 0 Å². The maximum absolute atomic E-state index is 7.03. The fourth-order valence-electron chi connectivity index (χ4n) is 4.56. The van der Waals surface area contributed by atoms with Crippen molar-refractivity contribution in [3.8, 4) is 0 Å². The molecule has 2 bridgehead atoms. The lowest BCUT2D eigenvalue weighted by atomic mass is 9.90. The second kappa shape index (κ2) is 8.42. The van der Waals surface area contributed by atoms with Gasteiger partial charge in [-0.1, -0.05) is 0 Å². The Bertz CT molecular complexity index is 471. The third-order valence-corrected chi connectivity index (χ3v) is 8.54. The Morgan fingerprint density at radius 2 is 1.46 bits per heavy atom. The van der Waals surface area contributed by atoms with Crippen molar-refractivity contribution in [2.75, 3.05) is 46.8 Å². The number of hydrogen-bond acceptors (Lipinski definition) is 4. The maximum Gasteiger partial charge on any atom is 0.0979 e. The number of hydrogen-bond donors (Lipinski definition) is 0. The van der Waals surface area contributed by atoms with Crippen molar-refractivity contribution < 1.29 is 0 Å². The van der Waals surface area contributed by atoms with Gasteiger partial charge in [0.2, 0.25) is 0 Å². The smallest absolute Gasteiger partial charge is 0.0979 e. The lowest BCUT2D eigenvalue weighted by Gasteiger charge is -2.51. The van der Waals surface area contributed by atoms with E-state index < -0.39 is 0 Å². The molecule has 2 saturated heterocycles.